The minimum absolute atomic E-state index is 0.246. The number of nitrogens with one attached hydrogen (secondary N) is 1. The van der Waals surface area contributed by atoms with Gasteiger partial charge < -0.3 is 14.7 Å². The maximum atomic E-state index is 12.8. The lowest BCUT2D eigenvalue weighted by Crippen LogP contribution is -2.55. The molecule has 3 rings (SSSR count). The molecule has 10 nitrogen and oxygen atoms in total. The van der Waals surface area contributed by atoms with Crippen molar-refractivity contribution in [1.29, 1.82) is 0 Å². The maximum absolute atomic E-state index is 12.8. The maximum Gasteiger partial charge on any atom is 0.407 e. The lowest BCUT2D eigenvalue weighted by molar-refractivity contribution is 0.0243. The molecule has 30 heavy (non-hydrogen) atoms. The van der Waals surface area contributed by atoms with Crippen LogP contribution in [0.1, 0.15) is 26.3 Å². The second kappa shape index (κ2) is 9.05. The Labute approximate surface area is 171 Å². The number of ether oxygens (including phenoxy) is 1. The highest BCUT2D eigenvalue weighted by atomic mass is 16.5. The smallest absolute Gasteiger partial charge is 0.407 e. The van der Waals surface area contributed by atoms with Gasteiger partial charge in [0, 0.05) is 12.6 Å². The molecule has 0 spiro atoms. The van der Waals surface area contributed by atoms with Crippen LogP contribution in [0.25, 0.3) is 0 Å². The fourth-order valence-electron chi connectivity index (χ4n) is 2.76. The number of hydrazone groups is 1. The highest BCUT2D eigenvalue weighted by Gasteiger charge is 2.33. The largest absolute Gasteiger partial charge is 0.486 e. The zero-order valence-electron chi connectivity index (χ0n) is 16.1. The summed E-state index contributed by atoms with van der Waals surface area (Å²) in [5.41, 5.74) is 2.79. The van der Waals surface area contributed by atoms with Crippen LogP contribution in [-0.2, 0) is 0 Å². The van der Waals surface area contributed by atoms with Gasteiger partial charge in [-0.1, -0.05) is 24.3 Å². The van der Waals surface area contributed by atoms with E-state index in [9.17, 15) is 14.4 Å². The van der Waals surface area contributed by atoms with E-state index in [1.165, 1.54) is 30.3 Å². The van der Waals surface area contributed by atoms with Crippen molar-refractivity contribution in [3.8, 4) is 5.75 Å². The molecule has 3 amide bonds. The summed E-state index contributed by atoms with van der Waals surface area (Å²) in [7, 11) is 1.50. The number of carbonyl (C=O) groups excluding carboxylic acids is 2. The van der Waals surface area contributed by atoms with Gasteiger partial charge in [-0.15, -0.1) is 0 Å². The van der Waals surface area contributed by atoms with Crippen LogP contribution in [0.15, 0.2) is 53.6 Å². The molecule has 0 bridgehead atoms. The Morgan fingerprint density at radius 3 is 2.47 bits per heavy atom. The molecule has 1 aliphatic heterocycles. The zero-order valence-corrected chi connectivity index (χ0v) is 16.1. The van der Waals surface area contributed by atoms with Crippen LogP contribution < -0.4 is 10.2 Å². The predicted molar refractivity (Wildman–Crippen MR) is 106 cm³/mol. The summed E-state index contributed by atoms with van der Waals surface area (Å²) in [4.78, 5) is 36.2. The van der Waals surface area contributed by atoms with Crippen molar-refractivity contribution in [1.82, 2.24) is 15.4 Å². The summed E-state index contributed by atoms with van der Waals surface area (Å²) in [5.74, 6) is -0.660. The number of para-hydroxylation sites is 1. The summed E-state index contributed by atoms with van der Waals surface area (Å²) in [6.07, 6.45) is 0.148. The van der Waals surface area contributed by atoms with E-state index >= 15 is 0 Å². The standard InChI is InChI=1S/C20H20N4O6/c1-23(21-10-13-6-8-14(9-7-13)18(25)22-29)19(26)16-4-2-3-5-17(16)30-15-11-24(12-15)20(27)28/h2-10,15,29H,11-12H2,1H3,(H,22,25)(H,27,28)/b21-10+. The van der Waals surface area contributed by atoms with Crippen LogP contribution in [0.4, 0.5) is 4.79 Å². The first-order valence-corrected chi connectivity index (χ1v) is 8.99. The molecule has 0 unspecified atom stereocenters. The van der Waals surface area contributed by atoms with Gasteiger partial charge in [-0.05, 0) is 29.8 Å². The van der Waals surface area contributed by atoms with Crippen LogP contribution >= 0.6 is 0 Å². The molecular weight excluding hydrogens is 392 g/mol. The molecule has 3 N–H and O–H groups in total. The van der Waals surface area contributed by atoms with E-state index in [4.69, 9.17) is 15.1 Å². The number of rotatable bonds is 6. The van der Waals surface area contributed by atoms with Gasteiger partial charge in [-0.3, -0.25) is 14.8 Å². The molecule has 1 saturated heterocycles. The van der Waals surface area contributed by atoms with E-state index in [0.29, 0.717) is 16.9 Å². The third-order valence-electron chi connectivity index (χ3n) is 4.48. The normalized spacial score (nSPS) is 13.6. The molecule has 0 aromatic heterocycles. The molecule has 2 aromatic rings. The number of amides is 3. The Morgan fingerprint density at radius 1 is 1.17 bits per heavy atom. The van der Waals surface area contributed by atoms with Crippen molar-refractivity contribution >= 4 is 24.1 Å². The Balaban J connectivity index is 1.65. The number of nitrogens with zero attached hydrogens (tertiary/aromatic N) is 3. The van der Waals surface area contributed by atoms with Gasteiger partial charge in [0.05, 0.1) is 24.9 Å². The van der Waals surface area contributed by atoms with Crippen LogP contribution in [0.3, 0.4) is 0 Å². The Kier molecular flexibility index (Phi) is 6.28. The highest BCUT2D eigenvalue weighted by molar-refractivity contribution is 5.97. The molecule has 0 aliphatic carbocycles. The van der Waals surface area contributed by atoms with Crippen LogP contribution in [0, 0.1) is 0 Å². The average molecular weight is 412 g/mol. The molecule has 1 fully saturated rings. The van der Waals surface area contributed by atoms with Gasteiger partial charge in [-0.2, -0.15) is 5.10 Å². The van der Waals surface area contributed by atoms with Gasteiger partial charge in [-0.25, -0.2) is 15.3 Å². The summed E-state index contributed by atoms with van der Waals surface area (Å²) in [6.45, 7) is 0.492. The second-order valence-corrected chi connectivity index (χ2v) is 6.56. The quantitative estimate of drug-likeness (QED) is 0.376. The zero-order chi connectivity index (χ0) is 21.7. The third kappa shape index (κ3) is 4.73. The fourth-order valence-corrected chi connectivity index (χ4v) is 2.76. The van der Waals surface area contributed by atoms with Crippen molar-refractivity contribution in [2.45, 2.75) is 6.10 Å². The minimum Gasteiger partial charge on any atom is -0.486 e. The average Bonchev–Trinajstić information content (AvgIpc) is 2.73. The number of hydrogen-bond donors (Lipinski definition) is 3. The predicted octanol–water partition coefficient (Wildman–Crippen LogP) is 1.65. The summed E-state index contributed by atoms with van der Waals surface area (Å²) in [6, 6.07) is 13.0. The van der Waals surface area contributed by atoms with Crippen LogP contribution in [0.2, 0.25) is 0 Å². The Morgan fingerprint density at radius 2 is 1.83 bits per heavy atom. The highest BCUT2D eigenvalue weighted by Crippen LogP contribution is 2.24. The number of carboxylic acid groups (broad SMARTS) is 1. The lowest BCUT2D eigenvalue weighted by Gasteiger charge is -2.37. The van der Waals surface area contributed by atoms with Gasteiger partial charge in [0.25, 0.3) is 11.8 Å². The monoisotopic (exact) mass is 412 g/mol. The summed E-state index contributed by atoms with van der Waals surface area (Å²) >= 11 is 0. The van der Waals surface area contributed by atoms with Crippen molar-refractivity contribution < 1.29 is 29.4 Å². The van der Waals surface area contributed by atoms with Crippen molar-refractivity contribution in [3.63, 3.8) is 0 Å². The molecule has 10 heteroatoms. The topological polar surface area (TPSA) is 132 Å². The SMILES string of the molecule is CN(/N=C/c1ccc(C(=O)NO)cc1)C(=O)c1ccccc1OC1CN(C(=O)O)C1. The van der Waals surface area contributed by atoms with Gasteiger partial charge in [0.1, 0.15) is 11.9 Å². The minimum atomic E-state index is -1.00. The van der Waals surface area contributed by atoms with Crippen LogP contribution in [-0.4, -0.2) is 70.6 Å². The first kappa shape index (κ1) is 20.8. The molecule has 1 heterocycles. The number of hydrogen-bond acceptors (Lipinski definition) is 6. The van der Waals surface area contributed by atoms with Crippen molar-refractivity contribution in [3.05, 3.63) is 65.2 Å². The lowest BCUT2D eigenvalue weighted by atomic mass is 10.1. The molecule has 1 aliphatic rings. The van der Waals surface area contributed by atoms with Crippen molar-refractivity contribution in [2.24, 2.45) is 5.10 Å². The second-order valence-electron chi connectivity index (χ2n) is 6.56. The van der Waals surface area contributed by atoms with E-state index in [1.807, 2.05) is 0 Å². The van der Waals surface area contributed by atoms with Gasteiger partial charge in [0.15, 0.2) is 0 Å². The van der Waals surface area contributed by atoms with Crippen LogP contribution in [0.5, 0.6) is 5.75 Å². The first-order valence-electron chi connectivity index (χ1n) is 8.99. The molecule has 0 radical (unpaired) electrons. The number of likely N-dealkylation sites (tertiary alicyclic amines) is 1. The summed E-state index contributed by atoms with van der Waals surface area (Å²) < 4.78 is 5.78. The number of hydroxylamine groups is 1. The summed E-state index contributed by atoms with van der Waals surface area (Å²) in [5, 5.41) is 22.8. The molecule has 156 valence electrons. The molecular formula is C20H20N4O6. The Hall–Kier alpha value is -3.92. The van der Waals surface area contributed by atoms with Crippen molar-refractivity contribution in [2.75, 3.05) is 20.1 Å². The van der Waals surface area contributed by atoms with E-state index < -0.39 is 17.9 Å². The first-order chi connectivity index (χ1) is 14.4. The third-order valence-corrected chi connectivity index (χ3v) is 4.48. The van der Waals surface area contributed by atoms with E-state index in [2.05, 4.69) is 5.10 Å². The van der Waals surface area contributed by atoms with Gasteiger partial charge >= 0.3 is 6.09 Å². The molecule has 2 aromatic carbocycles. The van der Waals surface area contributed by atoms with E-state index in [0.717, 1.165) is 5.01 Å². The van der Waals surface area contributed by atoms with E-state index in [1.54, 1.807) is 41.9 Å². The van der Waals surface area contributed by atoms with Gasteiger partial charge in [0.2, 0.25) is 0 Å². The number of benzene rings is 2. The number of carbonyl (C=O) groups is 3. The van der Waals surface area contributed by atoms with E-state index in [-0.39, 0.29) is 24.8 Å². The molecule has 0 atom stereocenters. The Bertz CT molecular complexity index is 970. The fraction of sp³-hybridized carbons (Fsp3) is 0.200. The molecule has 0 saturated carbocycles.